The second kappa shape index (κ2) is 15.1. The maximum absolute atomic E-state index is 13.6. The van der Waals surface area contributed by atoms with Crippen molar-refractivity contribution in [2.45, 2.75) is 43.8 Å². The predicted octanol–water partition coefficient (Wildman–Crippen LogP) is 5.23. The van der Waals surface area contributed by atoms with Crippen LogP contribution in [0.1, 0.15) is 36.5 Å². The van der Waals surface area contributed by atoms with E-state index in [9.17, 15) is 18.4 Å². The van der Waals surface area contributed by atoms with Crippen molar-refractivity contribution in [2.75, 3.05) is 51.8 Å². The molecular formula is C29H33Cl2F2N3O6S. The van der Waals surface area contributed by atoms with Crippen LogP contribution < -0.4 is 9.47 Å². The van der Waals surface area contributed by atoms with Crippen molar-refractivity contribution in [3.63, 3.8) is 0 Å². The molecule has 0 radical (unpaired) electrons. The summed E-state index contributed by atoms with van der Waals surface area (Å²) in [5.41, 5.74) is 0.972. The van der Waals surface area contributed by atoms with Gasteiger partial charge in [-0.05, 0) is 42.0 Å². The summed E-state index contributed by atoms with van der Waals surface area (Å²) in [7, 11) is 0. The van der Waals surface area contributed by atoms with Crippen molar-refractivity contribution in [3.05, 3.63) is 51.8 Å². The Kier molecular flexibility index (Phi) is 11.2. The van der Waals surface area contributed by atoms with Crippen LogP contribution in [0.3, 0.4) is 0 Å². The molecule has 3 aliphatic rings. The largest absolute Gasteiger partial charge is 0.489 e. The molecule has 1 aliphatic carbocycles. The Balaban J connectivity index is 1.35. The Bertz CT molecular complexity index is 1260. The van der Waals surface area contributed by atoms with Crippen LogP contribution in [-0.4, -0.2) is 90.4 Å². The first-order chi connectivity index (χ1) is 20.8. The molecule has 0 N–H and O–H groups in total. The average Bonchev–Trinajstić information content (AvgIpc) is 3.69. The summed E-state index contributed by atoms with van der Waals surface area (Å²) >= 11 is 14.2. The number of esters is 1. The molecule has 0 spiro atoms. The van der Waals surface area contributed by atoms with Crippen LogP contribution >= 0.6 is 35.0 Å². The minimum Gasteiger partial charge on any atom is -0.489 e. The first-order valence-electron chi connectivity index (χ1n) is 14.2. The van der Waals surface area contributed by atoms with Gasteiger partial charge in [0.1, 0.15) is 6.10 Å². The molecule has 5 rings (SSSR count). The number of alkyl halides is 2. The number of morpholine rings is 1. The fourth-order valence-corrected chi connectivity index (χ4v) is 6.55. The highest BCUT2D eigenvalue weighted by atomic mass is 35.5. The molecule has 1 amide bonds. The van der Waals surface area contributed by atoms with Crippen molar-refractivity contribution in [2.24, 2.45) is 5.92 Å². The molecule has 234 valence electrons. The number of aromatic nitrogens is 1. The lowest BCUT2D eigenvalue weighted by Gasteiger charge is -2.29. The fourth-order valence-electron chi connectivity index (χ4n) is 4.91. The fraction of sp³-hybridized carbons (Fsp3) is 0.552. The number of hydrogen-bond acceptors (Lipinski definition) is 9. The molecule has 2 aromatic rings. The van der Waals surface area contributed by atoms with Crippen molar-refractivity contribution < 1.29 is 37.3 Å². The number of thioether (sulfide) groups is 1. The number of ether oxygens (including phenoxy) is 4. The lowest BCUT2D eigenvalue weighted by Crippen LogP contribution is -2.43. The van der Waals surface area contributed by atoms with E-state index in [2.05, 4.69) is 14.6 Å². The van der Waals surface area contributed by atoms with Crippen LogP contribution in [0.25, 0.3) is 0 Å². The Morgan fingerprint density at radius 1 is 1.09 bits per heavy atom. The van der Waals surface area contributed by atoms with Gasteiger partial charge in [-0.3, -0.25) is 14.7 Å². The lowest BCUT2D eigenvalue weighted by molar-refractivity contribution is -0.155. The van der Waals surface area contributed by atoms with E-state index in [1.54, 1.807) is 4.90 Å². The van der Waals surface area contributed by atoms with Crippen molar-refractivity contribution in [3.8, 4) is 11.5 Å². The molecule has 0 bridgehead atoms. The number of carbonyl (C=O) groups excluding carboxylic acids is 2. The molecule has 14 heteroatoms. The number of pyridine rings is 1. The zero-order valence-corrected chi connectivity index (χ0v) is 25.7. The Morgan fingerprint density at radius 2 is 1.84 bits per heavy atom. The van der Waals surface area contributed by atoms with Crippen LogP contribution in [-0.2, 0) is 25.5 Å². The minimum atomic E-state index is -3.04. The summed E-state index contributed by atoms with van der Waals surface area (Å²) in [4.78, 5) is 34.5. The number of nitrogens with zero attached hydrogens (tertiary/aromatic N) is 3. The second-order valence-electron chi connectivity index (χ2n) is 10.6. The highest BCUT2D eigenvalue weighted by molar-refractivity contribution is 8.00. The summed E-state index contributed by atoms with van der Waals surface area (Å²) in [5.74, 6) is 0.230. The van der Waals surface area contributed by atoms with E-state index in [-0.39, 0.29) is 40.3 Å². The number of amides is 1. The van der Waals surface area contributed by atoms with Crippen molar-refractivity contribution in [1.29, 1.82) is 0 Å². The highest BCUT2D eigenvalue weighted by Gasteiger charge is 2.38. The molecule has 0 unspecified atom stereocenters. The van der Waals surface area contributed by atoms with Gasteiger partial charge in [0.25, 0.3) is 0 Å². The van der Waals surface area contributed by atoms with Crippen molar-refractivity contribution in [1.82, 2.24) is 14.8 Å². The number of carbonyl (C=O) groups is 2. The minimum absolute atomic E-state index is 0.0748. The standard InChI is InChI=1S/C29H33Cl2F2N3O6S/c30-21-15-34-16-22(31)20(21)14-24(19-3-4-23(42-29(32)33)25(13-19)40-17-18-1-2-18)41-28(38)27-36(9-12-43-27)26(37)5-6-35-7-10-39-11-8-35/h3-4,13,15-16,18,24,27,29H,1-2,5-12,14,17H2/t24-,27-/m0/s1. The van der Waals surface area contributed by atoms with Gasteiger partial charge in [0, 0.05) is 57.2 Å². The first kappa shape index (κ1) is 32.0. The smallest absolute Gasteiger partial charge is 0.387 e. The van der Waals surface area contributed by atoms with Crippen LogP contribution in [0.15, 0.2) is 30.6 Å². The molecule has 2 atom stereocenters. The predicted molar refractivity (Wildman–Crippen MR) is 158 cm³/mol. The Hall–Kier alpha value is -2.38. The van der Waals surface area contributed by atoms with Gasteiger partial charge >= 0.3 is 12.6 Å². The second-order valence-corrected chi connectivity index (χ2v) is 12.6. The number of rotatable bonds is 13. The molecule has 2 saturated heterocycles. The molecule has 9 nitrogen and oxygen atoms in total. The normalized spacial score (nSPS) is 19.8. The van der Waals surface area contributed by atoms with Gasteiger partial charge in [-0.1, -0.05) is 29.3 Å². The molecule has 3 fully saturated rings. The zero-order valence-electron chi connectivity index (χ0n) is 23.4. The number of halogens is 4. The van der Waals surface area contributed by atoms with Crippen LogP contribution in [0.2, 0.25) is 10.0 Å². The highest BCUT2D eigenvalue weighted by Crippen LogP contribution is 2.38. The van der Waals surface area contributed by atoms with Crippen LogP contribution in [0.5, 0.6) is 11.5 Å². The van der Waals surface area contributed by atoms with Crippen LogP contribution in [0.4, 0.5) is 8.78 Å². The molecule has 1 aromatic carbocycles. The third kappa shape index (κ3) is 8.85. The van der Waals surface area contributed by atoms with Gasteiger partial charge in [0.15, 0.2) is 16.9 Å². The SMILES string of the molecule is O=C(O[C@@H](Cc1c(Cl)cncc1Cl)c1ccc(OC(F)F)c(OCC2CC2)c1)[C@@H]1SCCN1C(=O)CCN1CCOCC1. The summed E-state index contributed by atoms with van der Waals surface area (Å²) in [5, 5.41) is -0.256. The topological polar surface area (TPSA) is 90.4 Å². The van der Waals surface area contributed by atoms with Gasteiger partial charge in [-0.25, -0.2) is 4.79 Å². The van der Waals surface area contributed by atoms with Gasteiger partial charge in [-0.15, -0.1) is 11.8 Å². The molecule has 1 saturated carbocycles. The Labute approximate surface area is 263 Å². The third-order valence-electron chi connectivity index (χ3n) is 7.49. The molecule has 1 aromatic heterocycles. The monoisotopic (exact) mass is 659 g/mol. The van der Waals surface area contributed by atoms with Gasteiger partial charge in [0.05, 0.1) is 29.9 Å². The van der Waals surface area contributed by atoms with E-state index in [1.165, 1.54) is 42.4 Å². The molecule has 2 aliphatic heterocycles. The van der Waals surface area contributed by atoms with Gasteiger partial charge < -0.3 is 23.8 Å². The molecular weight excluding hydrogens is 627 g/mol. The van der Waals surface area contributed by atoms with Gasteiger partial charge in [-0.2, -0.15) is 8.78 Å². The average molecular weight is 661 g/mol. The molecule has 3 heterocycles. The van der Waals surface area contributed by atoms with Gasteiger partial charge in [0.2, 0.25) is 5.91 Å². The lowest BCUT2D eigenvalue weighted by atomic mass is 10.0. The quantitative estimate of drug-likeness (QED) is 0.268. The van der Waals surface area contributed by atoms with E-state index in [4.69, 9.17) is 37.4 Å². The number of benzene rings is 1. The van der Waals surface area contributed by atoms with E-state index in [1.807, 2.05) is 0 Å². The van der Waals surface area contributed by atoms with Crippen LogP contribution in [0, 0.1) is 5.92 Å². The summed E-state index contributed by atoms with van der Waals surface area (Å²) in [6, 6.07) is 4.44. The zero-order chi connectivity index (χ0) is 30.3. The maximum atomic E-state index is 13.6. The van der Waals surface area contributed by atoms with E-state index in [0.717, 1.165) is 25.9 Å². The summed E-state index contributed by atoms with van der Waals surface area (Å²) in [6.07, 6.45) is 4.31. The van der Waals surface area contributed by atoms with E-state index in [0.29, 0.717) is 55.7 Å². The Morgan fingerprint density at radius 3 is 2.53 bits per heavy atom. The summed E-state index contributed by atoms with van der Waals surface area (Å²) in [6.45, 7) is 1.14. The van der Waals surface area contributed by atoms with Crippen molar-refractivity contribution >= 4 is 46.8 Å². The maximum Gasteiger partial charge on any atom is 0.387 e. The van der Waals surface area contributed by atoms with E-state index >= 15 is 0 Å². The summed E-state index contributed by atoms with van der Waals surface area (Å²) < 4.78 is 48.2. The first-order valence-corrected chi connectivity index (χ1v) is 16.0. The number of hydrogen-bond donors (Lipinski definition) is 0. The molecule has 43 heavy (non-hydrogen) atoms. The van der Waals surface area contributed by atoms with E-state index < -0.39 is 24.1 Å². The third-order valence-corrected chi connectivity index (χ3v) is 9.32.